The molecule has 1 aromatic carbocycles. The van der Waals surface area contributed by atoms with Crippen molar-refractivity contribution in [2.75, 3.05) is 37.7 Å². The summed E-state index contributed by atoms with van der Waals surface area (Å²) in [6, 6.07) is 11.5. The third-order valence-electron chi connectivity index (χ3n) is 4.38. The van der Waals surface area contributed by atoms with Crippen LogP contribution in [-0.2, 0) is 0 Å². The monoisotopic (exact) mass is 400 g/mol. The van der Waals surface area contributed by atoms with E-state index in [4.69, 9.17) is 4.74 Å². The highest BCUT2D eigenvalue weighted by molar-refractivity contribution is 7.22. The highest BCUT2D eigenvalue weighted by atomic mass is 32.1. The van der Waals surface area contributed by atoms with Gasteiger partial charge in [-0.2, -0.15) is 0 Å². The topological polar surface area (TPSA) is 58.6 Å². The Balaban J connectivity index is 1.39. The van der Waals surface area contributed by atoms with Gasteiger partial charge >= 0.3 is 0 Å². The van der Waals surface area contributed by atoms with Crippen molar-refractivity contribution >= 4 is 33.7 Å². The molecule has 0 unspecified atom stereocenters. The first-order valence-electron chi connectivity index (χ1n) is 8.89. The van der Waals surface area contributed by atoms with E-state index in [9.17, 15) is 4.79 Å². The molecule has 0 aliphatic carbocycles. The summed E-state index contributed by atoms with van der Waals surface area (Å²) in [4.78, 5) is 18.0. The summed E-state index contributed by atoms with van der Waals surface area (Å²) in [5.41, 5.74) is 0.672. The number of benzene rings is 1. The van der Waals surface area contributed by atoms with Crippen LogP contribution in [0.2, 0.25) is 0 Å². The molecular formula is C19H20N4O2S2. The molecule has 6 nitrogen and oxygen atoms in total. The largest absolute Gasteiger partial charge is 0.494 e. The van der Waals surface area contributed by atoms with Crippen LogP contribution >= 0.6 is 22.7 Å². The molecule has 27 heavy (non-hydrogen) atoms. The van der Waals surface area contributed by atoms with Gasteiger partial charge in [-0.3, -0.25) is 4.79 Å². The number of aromatic nitrogens is 2. The SMILES string of the molecule is CCOc1cccc(C(=O)N2CCN(c3nnc(-c4cccs4)s3)CC2)c1. The molecular weight excluding hydrogens is 380 g/mol. The number of nitrogens with zero attached hydrogens (tertiary/aromatic N) is 4. The van der Waals surface area contributed by atoms with Crippen LogP contribution in [0.5, 0.6) is 5.75 Å². The minimum absolute atomic E-state index is 0.0488. The molecule has 8 heteroatoms. The number of amides is 1. The lowest BCUT2D eigenvalue weighted by Gasteiger charge is -2.34. The Labute approximate surface area is 166 Å². The van der Waals surface area contributed by atoms with Crippen LogP contribution in [0.15, 0.2) is 41.8 Å². The Morgan fingerprint density at radius 1 is 1.15 bits per heavy atom. The maximum Gasteiger partial charge on any atom is 0.254 e. The molecule has 0 saturated carbocycles. The van der Waals surface area contributed by atoms with Gasteiger partial charge in [-0.05, 0) is 36.6 Å². The van der Waals surface area contributed by atoms with Gasteiger partial charge in [0.2, 0.25) is 5.13 Å². The van der Waals surface area contributed by atoms with Crippen molar-refractivity contribution in [3.63, 3.8) is 0 Å². The number of hydrogen-bond donors (Lipinski definition) is 0. The summed E-state index contributed by atoms with van der Waals surface area (Å²) in [7, 11) is 0. The van der Waals surface area contributed by atoms with Crippen LogP contribution in [-0.4, -0.2) is 53.8 Å². The summed E-state index contributed by atoms with van der Waals surface area (Å²) in [5, 5.41) is 12.6. The van der Waals surface area contributed by atoms with Crippen molar-refractivity contribution in [2.24, 2.45) is 0 Å². The van der Waals surface area contributed by atoms with Crippen LogP contribution in [0.25, 0.3) is 9.88 Å². The number of carbonyl (C=O) groups is 1. The smallest absolute Gasteiger partial charge is 0.254 e. The molecule has 0 radical (unpaired) electrons. The van der Waals surface area contributed by atoms with Crippen LogP contribution in [0, 0.1) is 0 Å². The second kappa shape index (κ2) is 8.06. The molecule has 1 amide bonds. The van der Waals surface area contributed by atoms with E-state index >= 15 is 0 Å². The summed E-state index contributed by atoms with van der Waals surface area (Å²) < 4.78 is 5.50. The zero-order valence-corrected chi connectivity index (χ0v) is 16.6. The molecule has 0 bridgehead atoms. The lowest BCUT2D eigenvalue weighted by Crippen LogP contribution is -2.48. The molecule has 140 valence electrons. The fourth-order valence-corrected chi connectivity index (χ4v) is 4.70. The zero-order chi connectivity index (χ0) is 18.6. The van der Waals surface area contributed by atoms with Gasteiger partial charge < -0.3 is 14.5 Å². The number of rotatable bonds is 5. The summed E-state index contributed by atoms with van der Waals surface area (Å²) in [6.45, 7) is 5.39. The van der Waals surface area contributed by atoms with Gasteiger partial charge in [-0.25, -0.2) is 0 Å². The molecule has 1 fully saturated rings. The number of anilines is 1. The van der Waals surface area contributed by atoms with Gasteiger partial charge in [0, 0.05) is 31.7 Å². The molecule has 0 atom stereocenters. The third kappa shape index (κ3) is 3.96. The average Bonchev–Trinajstić information content (AvgIpc) is 3.40. The minimum atomic E-state index is 0.0488. The van der Waals surface area contributed by atoms with Gasteiger partial charge in [-0.1, -0.05) is 23.5 Å². The number of piperazine rings is 1. The second-order valence-electron chi connectivity index (χ2n) is 6.11. The fourth-order valence-electron chi connectivity index (χ4n) is 3.01. The van der Waals surface area contributed by atoms with Gasteiger partial charge in [0.1, 0.15) is 5.75 Å². The maximum absolute atomic E-state index is 12.8. The van der Waals surface area contributed by atoms with Crippen LogP contribution in [0.3, 0.4) is 0 Å². The minimum Gasteiger partial charge on any atom is -0.494 e. The normalized spacial score (nSPS) is 14.4. The van der Waals surface area contributed by atoms with Crippen molar-refractivity contribution in [1.82, 2.24) is 15.1 Å². The highest BCUT2D eigenvalue weighted by Crippen LogP contribution is 2.32. The van der Waals surface area contributed by atoms with E-state index in [0.29, 0.717) is 25.3 Å². The standard InChI is InChI=1S/C19H20N4O2S2/c1-2-25-15-6-3-5-14(13-15)18(24)22-8-10-23(11-9-22)19-21-20-17(27-19)16-7-4-12-26-16/h3-7,12-13H,2,8-11H2,1H3. The van der Waals surface area contributed by atoms with Crippen molar-refractivity contribution in [2.45, 2.75) is 6.92 Å². The first-order valence-corrected chi connectivity index (χ1v) is 10.6. The number of thiophene rings is 1. The van der Waals surface area contributed by atoms with E-state index in [1.807, 2.05) is 47.5 Å². The van der Waals surface area contributed by atoms with Gasteiger partial charge in [0.05, 0.1) is 11.5 Å². The van der Waals surface area contributed by atoms with Crippen molar-refractivity contribution in [3.8, 4) is 15.6 Å². The van der Waals surface area contributed by atoms with Crippen molar-refractivity contribution < 1.29 is 9.53 Å². The first kappa shape index (κ1) is 17.9. The Morgan fingerprint density at radius 2 is 2.00 bits per heavy atom. The molecule has 3 aromatic rings. The third-order valence-corrected chi connectivity index (χ3v) is 6.40. The Hall–Kier alpha value is -2.45. The van der Waals surface area contributed by atoms with Gasteiger partial charge in [0.25, 0.3) is 5.91 Å². The van der Waals surface area contributed by atoms with E-state index in [-0.39, 0.29) is 5.91 Å². The molecule has 0 spiro atoms. The lowest BCUT2D eigenvalue weighted by molar-refractivity contribution is 0.0746. The number of carbonyl (C=O) groups excluding carboxylic acids is 1. The van der Waals surface area contributed by atoms with E-state index in [1.54, 1.807) is 22.7 Å². The molecule has 4 rings (SSSR count). The Bertz CT molecular complexity index is 902. The van der Waals surface area contributed by atoms with E-state index in [0.717, 1.165) is 33.9 Å². The van der Waals surface area contributed by atoms with Gasteiger partial charge in [-0.15, -0.1) is 21.5 Å². The lowest BCUT2D eigenvalue weighted by atomic mass is 10.1. The zero-order valence-electron chi connectivity index (χ0n) is 15.0. The molecule has 3 heterocycles. The highest BCUT2D eigenvalue weighted by Gasteiger charge is 2.24. The van der Waals surface area contributed by atoms with Crippen molar-refractivity contribution in [3.05, 3.63) is 47.3 Å². The maximum atomic E-state index is 12.8. The van der Waals surface area contributed by atoms with E-state index < -0.39 is 0 Å². The fraction of sp³-hybridized carbons (Fsp3) is 0.316. The van der Waals surface area contributed by atoms with Crippen LogP contribution in [0.4, 0.5) is 5.13 Å². The van der Waals surface area contributed by atoms with Gasteiger partial charge in [0.15, 0.2) is 5.01 Å². The predicted octanol–water partition coefficient (Wildman–Crippen LogP) is 3.63. The first-order chi connectivity index (χ1) is 13.2. The molecule has 1 aliphatic heterocycles. The van der Waals surface area contributed by atoms with Crippen LogP contribution < -0.4 is 9.64 Å². The Morgan fingerprint density at radius 3 is 2.74 bits per heavy atom. The molecule has 1 aliphatic rings. The van der Waals surface area contributed by atoms with E-state index in [2.05, 4.69) is 21.2 Å². The molecule has 0 N–H and O–H groups in total. The summed E-state index contributed by atoms with van der Waals surface area (Å²) in [5.74, 6) is 0.782. The number of ether oxygens (including phenoxy) is 1. The quantitative estimate of drug-likeness (QED) is 0.655. The Kier molecular flexibility index (Phi) is 5.35. The summed E-state index contributed by atoms with van der Waals surface area (Å²) >= 11 is 3.27. The molecule has 1 saturated heterocycles. The summed E-state index contributed by atoms with van der Waals surface area (Å²) in [6.07, 6.45) is 0. The van der Waals surface area contributed by atoms with Crippen LogP contribution in [0.1, 0.15) is 17.3 Å². The number of hydrogen-bond acceptors (Lipinski definition) is 7. The van der Waals surface area contributed by atoms with E-state index in [1.165, 1.54) is 0 Å². The second-order valence-corrected chi connectivity index (χ2v) is 8.01. The average molecular weight is 401 g/mol. The van der Waals surface area contributed by atoms with Crippen molar-refractivity contribution in [1.29, 1.82) is 0 Å². The molecule has 2 aromatic heterocycles. The predicted molar refractivity (Wildman–Crippen MR) is 109 cm³/mol.